The number of nitrogens with zero attached hydrogens (tertiary/aromatic N) is 1. The Kier molecular flexibility index (Phi) is 5.02. The maximum absolute atomic E-state index is 12.5. The van der Waals surface area contributed by atoms with Crippen molar-refractivity contribution in [3.05, 3.63) is 29.3 Å². The average Bonchev–Trinajstić information content (AvgIpc) is 2.26. The molecule has 0 bridgehead atoms. The standard InChI is InChI=1S/C13H19F3N2/c1-3-18(9-13(14,15)16)12-5-4-11(6-7-17)8-10(12)2/h4-5,8H,3,6-7,9,17H2,1-2H3. The summed E-state index contributed by atoms with van der Waals surface area (Å²) in [7, 11) is 0. The van der Waals surface area contributed by atoms with E-state index >= 15 is 0 Å². The van der Waals surface area contributed by atoms with Crippen LogP contribution in [-0.2, 0) is 6.42 Å². The highest BCUT2D eigenvalue weighted by Gasteiger charge is 2.30. The van der Waals surface area contributed by atoms with Gasteiger partial charge in [0.15, 0.2) is 0 Å². The molecule has 0 aromatic heterocycles. The lowest BCUT2D eigenvalue weighted by Gasteiger charge is -2.26. The number of nitrogens with two attached hydrogens (primary N) is 1. The first kappa shape index (κ1) is 14.8. The first-order chi connectivity index (χ1) is 8.37. The molecule has 102 valence electrons. The summed E-state index contributed by atoms with van der Waals surface area (Å²) in [5.74, 6) is 0. The molecule has 2 N–H and O–H groups in total. The number of hydrogen-bond acceptors (Lipinski definition) is 2. The van der Waals surface area contributed by atoms with Gasteiger partial charge in [-0.2, -0.15) is 13.2 Å². The van der Waals surface area contributed by atoms with Crippen LogP contribution >= 0.6 is 0 Å². The van der Waals surface area contributed by atoms with Crippen LogP contribution in [0.4, 0.5) is 18.9 Å². The molecule has 0 saturated carbocycles. The third-order valence-corrected chi connectivity index (χ3v) is 2.79. The minimum atomic E-state index is -4.18. The predicted octanol–water partition coefficient (Wildman–Crippen LogP) is 2.88. The zero-order chi connectivity index (χ0) is 13.8. The fourth-order valence-electron chi connectivity index (χ4n) is 1.98. The molecule has 0 heterocycles. The lowest BCUT2D eigenvalue weighted by atomic mass is 10.1. The molecule has 0 aliphatic rings. The van der Waals surface area contributed by atoms with Crippen molar-refractivity contribution in [1.29, 1.82) is 0 Å². The molecule has 18 heavy (non-hydrogen) atoms. The van der Waals surface area contributed by atoms with Crippen molar-refractivity contribution < 1.29 is 13.2 Å². The molecule has 0 spiro atoms. The minimum absolute atomic E-state index is 0.330. The molecule has 0 radical (unpaired) electrons. The van der Waals surface area contributed by atoms with E-state index in [0.29, 0.717) is 18.8 Å². The lowest BCUT2D eigenvalue weighted by molar-refractivity contribution is -0.119. The molecular formula is C13H19F3N2. The van der Waals surface area contributed by atoms with Gasteiger partial charge in [0.2, 0.25) is 0 Å². The van der Waals surface area contributed by atoms with E-state index in [2.05, 4.69) is 0 Å². The Morgan fingerprint density at radius 1 is 1.28 bits per heavy atom. The van der Waals surface area contributed by atoms with Gasteiger partial charge in [0.25, 0.3) is 0 Å². The van der Waals surface area contributed by atoms with Gasteiger partial charge in [0.1, 0.15) is 6.54 Å². The molecule has 0 aliphatic carbocycles. The van der Waals surface area contributed by atoms with Gasteiger partial charge in [-0.15, -0.1) is 0 Å². The summed E-state index contributed by atoms with van der Waals surface area (Å²) in [4.78, 5) is 1.33. The zero-order valence-corrected chi connectivity index (χ0v) is 10.7. The lowest BCUT2D eigenvalue weighted by Crippen LogP contribution is -2.34. The SMILES string of the molecule is CCN(CC(F)(F)F)c1ccc(CCN)cc1C. The highest BCUT2D eigenvalue weighted by atomic mass is 19.4. The van der Waals surface area contributed by atoms with Crippen molar-refractivity contribution in [1.82, 2.24) is 0 Å². The first-order valence-electron chi connectivity index (χ1n) is 5.98. The van der Waals surface area contributed by atoms with Gasteiger partial charge >= 0.3 is 6.18 Å². The monoisotopic (exact) mass is 260 g/mol. The summed E-state index contributed by atoms with van der Waals surface area (Å²) in [5, 5.41) is 0. The zero-order valence-electron chi connectivity index (χ0n) is 10.7. The van der Waals surface area contributed by atoms with Crippen molar-refractivity contribution >= 4 is 5.69 Å². The second-order valence-corrected chi connectivity index (χ2v) is 4.29. The Balaban J connectivity index is 2.93. The van der Waals surface area contributed by atoms with Gasteiger partial charge in [-0.3, -0.25) is 0 Å². The van der Waals surface area contributed by atoms with E-state index in [1.54, 1.807) is 13.0 Å². The second kappa shape index (κ2) is 6.09. The van der Waals surface area contributed by atoms with E-state index in [1.165, 1.54) is 4.90 Å². The Hall–Kier alpha value is -1.23. The molecule has 0 saturated heterocycles. The van der Waals surface area contributed by atoms with Crippen molar-refractivity contribution in [2.45, 2.75) is 26.4 Å². The summed E-state index contributed by atoms with van der Waals surface area (Å²) in [6.45, 7) is 3.50. The quantitative estimate of drug-likeness (QED) is 0.882. The van der Waals surface area contributed by atoms with Crippen LogP contribution in [0.3, 0.4) is 0 Å². The molecule has 0 unspecified atom stereocenters. The summed E-state index contributed by atoms with van der Waals surface area (Å²) < 4.78 is 37.4. The van der Waals surface area contributed by atoms with E-state index in [-0.39, 0.29) is 0 Å². The first-order valence-corrected chi connectivity index (χ1v) is 5.98. The van der Waals surface area contributed by atoms with Crippen LogP contribution in [-0.4, -0.2) is 25.8 Å². The number of benzene rings is 1. The van der Waals surface area contributed by atoms with Crippen LogP contribution < -0.4 is 10.6 Å². The van der Waals surface area contributed by atoms with Gasteiger partial charge in [-0.1, -0.05) is 12.1 Å². The van der Waals surface area contributed by atoms with Crippen molar-refractivity contribution in [2.24, 2.45) is 5.73 Å². The Bertz CT molecular complexity index is 388. The van der Waals surface area contributed by atoms with E-state index in [1.807, 2.05) is 19.1 Å². The predicted molar refractivity (Wildman–Crippen MR) is 67.9 cm³/mol. The van der Waals surface area contributed by atoms with Crippen molar-refractivity contribution in [3.63, 3.8) is 0 Å². The van der Waals surface area contributed by atoms with Crippen LogP contribution in [0.5, 0.6) is 0 Å². The largest absolute Gasteiger partial charge is 0.405 e. The van der Waals surface area contributed by atoms with Crippen molar-refractivity contribution in [2.75, 3.05) is 24.5 Å². The second-order valence-electron chi connectivity index (χ2n) is 4.29. The number of hydrogen-bond donors (Lipinski definition) is 1. The molecule has 5 heteroatoms. The molecule has 0 aliphatic heterocycles. The molecule has 1 aromatic carbocycles. The molecule has 0 atom stereocenters. The highest BCUT2D eigenvalue weighted by Crippen LogP contribution is 2.25. The fourth-order valence-corrected chi connectivity index (χ4v) is 1.98. The summed E-state index contributed by atoms with van der Waals surface area (Å²) in [5.41, 5.74) is 8.00. The summed E-state index contributed by atoms with van der Waals surface area (Å²) in [6, 6.07) is 5.49. The third-order valence-electron chi connectivity index (χ3n) is 2.79. The summed E-state index contributed by atoms with van der Waals surface area (Å²) >= 11 is 0. The van der Waals surface area contributed by atoms with Gasteiger partial charge in [0, 0.05) is 12.2 Å². The van der Waals surface area contributed by atoms with Crippen molar-refractivity contribution in [3.8, 4) is 0 Å². The van der Waals surface area contributed by atoms with E-state index in [0.717, 1.165) is 17.5 Å². The normalized spacial score (nSPS) is 11.7. The summed E-state index contributed by atoms with van der Waals surface area (Å²) in [6.07, 6.45) is -3.44. The maximum atomic E-state index is 12.5. The van der Waals surface area contributed by atoms with Crippen LogP contribution in [0.2, 0.25) is 0 Å². The van der Waals surface area contributed by atoms with Gasteiger partial charge in [-0.25, -0.2) is 0 Å². The molecule has 2 nitrogen and oxygen atoms in total. The highest BCUT2D eigenvalue weighted by molar-refractivity contribution is 5.54. The Morgan fingerprint density at radius 2 is 1.94 bits per heavy atom. The van der Waals surface area contributed by atoms with Crippen LogP contribution in [0.1, 0.15) is 18.1 Å². The maximum Gasteiger partial charge on any atom is 0.405 e. The van der Waals surface area contributed by atoms with E-state index in [4.69, 9.17) is 5.73 Å². The third kappa shape index (κ3) is 4.22. The smallest absolute Gasteiger partial charge is 0.363 e. The van der Waals surface area contributed by atoms with Crippen LogP contribution in [0.15, 0.2) is 18.2 Å². The van der Waals surface area contributed by atoms with Gasteiger partial charge < -0.3 is 10.6 Å². The minimum Gasteiger partial charge on any atom is -0.363 e. The number of halogens is 3. The molecule has 1 rings (SSSR count). The fraction of sp³-hybridized carbons (Fsp3) is 0.538. The average molecular weight is 260 g/mol. The topological polar surface area (TPSA) is 29.3 Å². The van der Waals surface area contributed by atoms with E-state index in [9.17, 15) is 13.2 Å². The number of alkyl halides is 3. The molecule has 0 amide bonds. The van der Waals surface area contributed by atoms with Gasteiger partial charge in [0.05, 0.1) is 0 Å². The molecule has 1 aromatic rings. The van der Waals surface area contributed by atoms with Gasteiger partial charge in [-0.05, 0) is 44.0 Å². The Morgan fingerprint density at radius 3 is 2.39 bits per heavy atom. The van der Waals surface area contributed by atoms with Crippen LogP contribution in [0.25, 0.3) is 0 Å². The number of anilines is 1. The molecule has 0 fully saturated rings. The number of aryl methyl sites for hydroxylation is 1. The Labute approximate surface area is 106 Å². The van der Waals surface area contributed by atoms with Crippen LogP contribution in [0, 0.1) is 6.92 Å². The number of rotatable bonds is 5. The van der Waals surface area contributed by atoms with E-state index < -0.39 is 12.7 Å². The molecular weight excluding hydrogens is 241 g/mol.